The SMILES string of the molecule is CC[C@H]1CC[C@H](CCc2ccc(-c3ccc(F)c(F)c3Oc3ccc(C(F)(F)F)cc3)cc2)CC1. The molecule has 6 heteroatoms. The minimum Gasteiger partial charge on any atom is -0.454 e. The smallest absolute Gasteiger partial charge is 0.416 e. The number of benzene rings is 3. The van der Waals surface area contributed by atoms with Gasteiger partial charge < -0.3 is 4.74 Å². The van der Waals surface area contributed by atoms with Crippen molar-refractivity contribution in [1.82, 2.24) is 0 Å². The van der Waals surface area contributed by atoms with Gasteiger partial charge in [-0.05, 0) is 72.2 Å². The molecular weight excluding hydrogens is 459 g/mol. The van der Waals surface area contributed by atoms with E-state index in [1.807, 2.05) is 24.3 Å². The fourth-order valence-corrected chi connectivity index (χ4v) is 4.84. The molecule has 0 aliphatic heterocycles. The highest BCUT2D eigenvalue weighted by molar-refractivity contribution is 5.71. The number of rotatable bonds is 7. The summed E-state index contributed by atoms with van der Waals surface area (Å²) >= 11 is 0. The molecule has 4 rings (SSSR count). The lowest BCUT2D eigenvalue weighted by Gasteiger charge is -2.27. The average molecular weight is 489 g/mol. The Morgan fingerprint density at radius 1 is 0.800 bits per heavy atom. The van der Waals surface area contributed by atoms with Crippen molar-refractivity contribution in [3.63, 3.8) is 0 Å². The van der Waals surface area contributed by atoms with Gasteiger partial charge in [0.2, 0.25) is 5.82 Å². The summed E-state index contributed by atoms with van der Waals surface area (Å²) in [6.45, 7) is 2.26. The van der Waals surface area contributed by atoms with Crippen molar-refractivity contribution in [3.05, 3.63) is 83.4 Å². The Bertz CT molecular complexity index is 1110. The molecule has 0 atom stereocenters. The normalized spacial score (nSPS) is 18.5. The summed E-state index contributed by atoms with van der Waals surface area (Å²) in [5, 5.41) is 0. The van der Waals surface area contributed by atoms with Crippen LogP contribution in [-0.4, -0.2) is 0 Å². The molecule has 0 radical (unpaired) electrons. The van der Waals surface area contributed by atoms with Crippen molar-refractivity contribution >= 4 is 0 Å². The number of hydrogen-bond donors (Lipinski definition) is 0. The lowest BCUT2D eigenvalue weighted by molar-refractivity contribution is -0.137. The minimum absolute atomic E-state index is 0.0156. The van der Waals surface area contributed by atoms with Crippen LogP contribution in [0.2, 0.25) is 0 Å². The fourth-order valence-electron chi connectivity index (χ4n) is 4.84. The molecule has 3 aromatic carbocycles. The van der Waals surface area contributed by atoms with Crippen LogP contribution in [0.3, 0.4) is 0 Å². The molecule has 35 heavy (non-hydrogen) atoms. The van der Waals surface area contributed by atoms with Crippen molar-refractivity contribution in [3.8, 4) is 22.6 Å². The highest BCUT2D eigenvalue weighted by atomic mass is 19.4. The van der Waals surface area contributed by atoms with E-state index in [1.165, 1.54) is 43.7 Å². The van der Waals surface area contributed by atoms with Crippen molar-refractivity contribution < 1.29 is 26.7 Å². The summed E-state index contributed by atoms with van der Waals surface area (Å²) in [5.74, 6) is -1.02. The molecule has 3 aromatic rings. The Balaban J connectivity index is 1.48. The van der Waals surface area contributed by atoms with E-state index in [-0.39, 0.29) is 11.5 Å². The van der Waals surface area contributed by atoms with Crippen LogP contribution in [0.1, 0.15) is 56.6 Å². The summed E-state index contributed by atoms with van der Waals surface area (Å²) in [4.78, 5) is 0. The maximum absolute atomic E-state index is 14.7. The molecule has 0 spiro atoms. The van der Waals surface area contributed by atoms with Crippen LogP contribution in [0.25, 0.3) is 11.1 Å². The lowest BCUT2D eigenvalue weighted by Crippen LogP contribution is -2.14. The zero-order valence-electron chi connectivity index (χ0n) is 19.7. The van der Waals surface area contributed by atoms with E-state index in [2.05, 4.69) is 6.92 Å². The van der Waals surface area contributed by atoms with Gasteiger partial charge in [0.15, 0.2) is 11.6 Å². The summed E-state index contributed by atoms with van der Waals surface area (Å²) < 4.78 is 72.7. The highest BCUT2D eigenvalue weighted by Crippen LogP contribution is 2.38. The summed E-state index contributed by atoms with van der Waals surface area (Å²) in [6, 6.07) is 14.0. The topological polar surface area (TPSA) is 9.23 Å². The van der Waals surface area contributed by atoms with E-state index >= 15 is 0 Å². The monoisotopic (exact) mass is 488 g/mol. The molecule has 1 nitrogen and oxygen atoms in total. The van der Waals surface area contributed by atoms with Crippen LogP contribution in [0, 0.1) is 23.5 Å². The maximum Gasteiger partial charge on any atom is 0.416 e. The zero-order chi connectivity index (χ0) is 25.0. The second-order valence-electron chi connectivity index (χ2n) is 9.39. The Labute approximate surface area is 202 Å². The largest absolute Gasteiger partial charge is 0.454 e. The fraction of sp³-hybridized carbons (Fsp3) is 0.379. The molecule has 0 amide bonds. The molecular formula is C29H29F5O. The summed E-state index contributed by atoms with van der Waals surface area (Å²) in [7, 11) is 0. The van der Waals surface area contributed by atoms with Crippen LogP contribution in [0.4, 0.5) is 22.0 Å². The quantitative estimate of drug-likeness (QED) is 0.301. The van der Waals surface area contributed by atoms with Gasteiger partial charge in [-0.15, -0.1) is 0 Å². The predicted molar refractivity (Wildman–Crippen MR) is 127 cm³/mol. The van der Waals surface area contributed by atoms with Crippen molar-refractivity contribution in [2.45, 2.75) is 58.0 Å². The molecule has 0 unspecified atom stereocenters. The third kappa shape index (κ3) is 6.22. The first-order valence-corrected chi connectivity index (χ1v) is 12.2. The van der Waals surface area contributed by atoms with Crippen LogP contribution in [-0.2, 0) is 12.6 Å². The molecule has 186 valence electrons. The molecule has 1 saturated carbocycles. The second-order valence-corrected chi connectivity index (χ2v) is 9.39. The standard InChI is InChI=1S/C29H29F5O/c1-2-19-3-5-20(6-4-19)7-8-21-9-11-22(12-10-21)25-17-18-26(30)27(31)28(25)35-24-15-13-23(14-16-24)29(32,33)34/h9-20H,2-8H2,1H3/t19-,20-. The molecule has 0 aromatic heterocycles. The molecule has 1 fully saturated rings. The van der Waals surface area contributed by atoms with Gasteiger partial charge in [-0.1, -0.05) is 63.3 Å². The van der Waals surface area contributed by atoms with Gasteiger partial charge in [0.25, 0.3) is 0 Å². The Hall–Kier alpha value is -2.89. The second kappa shape index (κ2) is 10.8. The number of hydrogen-bond acceptors (Lipinski definition) is 1. The van der Waals surface area contributed by atoms with E-state index in [9.17, 15) is 22.0 Å². The highest BCUT2D eigenvalue weighted by Gasteiger charge is 2.30. The number of aryl methyl sites for hydroxylation is 1. The maximum atomic E-state index is 14.7. The molecule has 0 saturated heterocycles. The predicted octanol–water partition coefficient (Wildman–Crippen LogP) is 9.59. The zero-order valence-corrected chi connectivity index (χ0v) is 19.7. The van der Waals surface area contributed by atoms with Gasteiger partial charge in [-0.25, -0.2) is 4.39 Å². The van der Waals surface area contributed by atoms with Gasteiger partial charge in [0.1, 0.15) is 5.75 Å². The van der Waals surface area contributed by atoms with Gasteiger partial charge in [0.05, 0.1) is 5.56 Å². The van der Waals surface area contributed by atoms with E-state index in [1.54, 1.807) is 0 Å². The number of halogens is 5. The van der Waals surface area contributed by atoms with Gasteiger partial charge in [-0.2, -0.15) is 17.6 Å². The van der Waals surface area contributed by atoms with Gasteiger partial charge >= 0.3 is 6.18 Å². The van der Waals surface area contributed by atoms with E-state index in [0.29, 0.717) is 11.1 Å². The summed E-state index contributed by atoms with van der Waals surface area (Å²) in [5.41, 5.74) is 1.30. The van der Waals surface area contributed by atoms with Crippen LogP contribution < -0.4 is 4.74 Å². The van der Waals surface area contributed by atoms with Crippen LogP contribution in [0.15, 0.2) is 60.7 Å². The third-order valence-corrected chi connectivity index (χ3v) is 7.10. The van der Waals surface area contributed by atoms with Crippen molar-refractivity contribution in [2.75, 3.05) is 0 Å². The Kier molecular flexibility index (Phi) is 7.78. The van der Waals surface area contributed by atoms with Crippen LogP contribution in [0.5, 0.6) is 11.5 Å². The first-order valence-electron chi connectivity index (χ1n) is 12.2. The van der Waals surface area contributed by atoms with E-state index < -0.39 is 23.4 Å². The van der Waals surface area contributed by atoms with E-state index in [0.717, 1.165) is 55.0 Å². The number of ether oxygens (including phenoxy) is 1. The van der Waals surface area contributed by atoms with Crippen LogP contribution >= 0.6 is 0 Å². The summed E-state index contributed by atoms with van der Waals surface area (Å²) in [6.07, 6.45) is 4.09. The molecule has 1 aliphatic carbocycles. The molecule has 1 aliphatic rings. The van der Waals surface area contributed by atoms with Gasteiger partial charge in [0, 0.05) is 5.56 Å². The molecule has 0 heterocycles. The Morgan fingerprint density at radius 3 is 2.03 bits per heavy atom. The average Bonchev–Trinajstić information content (AvgIpc) is 2.86. The van der Waals surface area contributed by atoms with E-state index in [4.69, 9.17) is 4.74 Å². The third-order valence-electron chi connectivity index (χ3n) is 7.10. The number of alkyl halides is 3. The first-order chi connectivity index (χ1) is 16.7. The molecule has 0 bridgehead atoms. The van der Waals surface area contributed by atoms with Gasteiger partial charge in [-0.3, -0.25) is 0 Å². The lowest BCUT2D eigenvalue weighted by atomic mass is 9.78. The molecule has 0 N–H and O–H groups in total. The first kappa shape index (κ1) is 25.2. The van der Waals surface area contributed by atoms with Crippen molar-refractivity contribution in [1.29, 1.82) is 0 Å². The Morgan fingerprint density at radius 2 is 1.43 bits per heavy atom. The minimum atomic E-state index is -4.50. The van der Waals surface area contributed by atoms with Crippen molar-refractivity contribution in [2.24, 2.45) is 11.8 Å².